The van der Waals surface area contributed by atoms with E-state index in [0.717, 1.165) is 17.5 Å². The Kier molecular flexibility index (Phi) is 6.31. The summed E-state index contributed by atoms with van der Waals surface area (Å²) in [7, 11) is -3.93. The van der Waals surface area contributed by atoms with Crippen molar-refractivity contribution in [1.82, 2.24) is 5.32 Å². The van der Waals surface area contributed by atoms with E-state index >= 15 is 0 Å². The van der Waals surface area contributed by atoms with Crippen LogP contribution in [0.25, 0.3) is 0 Å². The topological polar surface area (TPSA) is 75.3 Å². The molecule has 0 saturated carbocycles. The number of benzene rings is 2. The fourth-order valence-electron chi connectivity index (χ4n) is 2.39. The van der Waals surface area contributed by atoms with Crippen molar-refractivity contribution in [1.29, 1.82) is 0 Å². The molecule has 0 heterocycles. The van der Waals surface area contributed by atoms with Gasteiger partial charge in [-0.25, -0.2) is 8.42 Å². The van der Waals surface area contributed by atoms with Gasteiger partial charge in [0.2, 0.25) is 0 Å². The average molecular weight is 395 g/mol. The molecule has 2 rings (SSSR count). The van der Waals surface area contributed by atoms with Crippen molar-refractivity contribution in [2.75, 3.05) is 4.72 Å². The number of anilines is 1. The Morgan fingerprint density at radius 1 is 1.15 bits per heavy atom. The van der Waals surface area contributed by atoms with Gasteiger partial charge in [0.1, 0.15) is 4.90 Å². The summed E-state index contributed by atoms with van der Waals surface area (Å²) in [5.74, 6) is -0.334. The van der Waals surface area contributed by atoms with Crippen LogP contribution in [0.1, 0.15) is 41.8 Å². The first-order valence-corrected chi connectivity index (χ1v) is 10.2. The second-order valence-corrected chi connectivity index (χ2v) is 8.41. The van der Waals surface area contributed by atoms with Gasteiger partial charge in [0.05, 0.1) is 10.7 Å². The third-order valence-electron chi connectivity index (χ3n) is 4.10. The summed E-state index contributed by atoms with van der Waals surface area (Å²) in [6.45, 7) is 7.59. The van der Waals surface area contributed by atoms with Crippen molar-refractivity contribution in [3.63, 3.8) is 0 Å². The second-order valence-electron chi connectivity index (χ2n) is 6.35. The Labute approximate surface area is 159 Å². The van der Waals surface area contributed by atoms with Gasteiger partial charge in [0.25, 0.3) is 15.9 Å². The molecule has 2 aromatic carbocycles. The minimum absolute atomic E-state index is 0.00781. The zero-order chi connectivity index (χ0) is 19.5. The third kappa shape index (κ3) is 4.77. The van der Waals surface area contributed by atoms with Crippen LogP contribution in [-0.4, -0.2) is 20.4 Å². The molecule has 0 saturated heterocycles. The molecule has 1 atom stereocenters. The summed E-state index contributed by atoms with van der Waals surface area (Å²) >= 11 is 6.10. The highest BCUT2D eigenvalue weighted by molar-refractivity contribution is 7.92. The Morgan fingerprint density at radius 2 is 1.85 bits per heavy atom. The highest BCUT2D eigenvalue weighted by atomic mass is 35.5. The Bertz CT molecular complexity index is 926. The zero-order valence-electron chi connectivity index (χ0n) is 15.3. The van der Waals surface area contributed by atoms with E-state index in [9.17, 15) is 13.2 Å². The van der Waals surface area contributed by atoms with Crippen molar-refractivity contribution in [3.05, 3.63) is 58.1 Å². The molecule has 0 fully saturated rings. The van der Waals surface area contributed by atoms with Gasteiger partial charge in [0, 0.05) is 11.6 Å². The van der Waals surface area contributed by atoms with Crippen LogP contribution < -0.4 is 10.0 Å². The van der Waals surface area contributed by atoms with E-state index in [0.29, 0.717) is 5.69 Å². The second kappa shape index (κ2) is 8.10. The number of sulfonamides is 1. The third-order valence-corrected chi connectivity index (χ3v) is 5.95. The van der Waals surface area contributed by atoms with Gasteiger partial charge in [-0.05, 0) is 57.0 Å². The smallest absolute Gasteiger partial charge is 0.263 e. The maximum atomic E-state index is 12.8. The minimum Gasteiger partial charge on any atom is -0.350 e. The number of hydrogen-bond acceptors (Lipinski definition) is 3. The largest absolute Gasteiger partial charge is 0.350 e. The molecule has 0 aliphatic rings. The predicted octanol–water partition coefficient (Wildman–Crippen LogP) is 4.29. The molecule has 0 spiro atoms. The van der Waals surface area contributed by atoms with Crippen molar-refractivity contribution < 1.29 is 13.2 Å². The van der Waals surface area contributed by atoms with Crippen LogP contribution in [-0.2, 0) is 10.0 Å². The van der Waals surface area contributed by atoms with Crippen LogP contribution >= 0.6 is 11.6 Å². The molecule has 140 valence electrons. The molecule has 1 unspecified atom stereocenters. The molecular weight excluding hydrogens is 372 g/mol. The quantitative estimate of drug-likeness (QED) is 0.767. The van der Waals surface area contributed by atoms with Gasteiger partial charge in [-0.3, -0.25) is 9.52 Å². The SMILES string of the molecule is CCC(C)NC(=O)c1ccc(Cl)c(S(=O)(=O)Nc2ccc(C)cc2C)c1. The molecule has 26 heavy (non-hydrogen) atoms. The summed E-state index contributed by atoms with van der Waals surface area (Å²) < 4.78 is 28.1. The Morgan fingerprint density at radius 3 is 2.46 bits per heavy atom. The van der Waals surface area contributed by atoms with Gasteiger partial charge >= 0.3 is 0 Å². The standard InChI is InChI=1S/C19H23ClN2O3S/c1-5-14(4)21-19(23)15-7-8-16(20)18(11-15)26(24,25)22-17-9-6-12(2)10-13(17)3/h6-11,14,22H,5H2,1-4H3,(H,21,23). The van der Waals surface area contributed by atoms with E-state index < -0.39 is 10.0 Å². The molecule has 2 aromatic rings. The molecule has 0 aliphatic carbocycles. The lowest BCUT2D eigenvalue weighted by Gasteiger charge is -2.14. The van der Waals surface area contributed by atoms with Crippen LogP contribution in [0.5, 0.6) is 0 Å². The van der Waals surface area contributed by atoms with Gasteiger partial charge < -0.3 is 5.32 Å². The number of halogens is 1. The summed E-state index contributed by atoms with van der Waals surface area (Å²) in [6, 6.07) is 9.63. The molecule has 1 amide bonds. The number of carbonyl (C=O) groups is 1. The lowest BCUT2D eigenvalue weighted by atomic mass is 10.1. The van der Waals surface area contributed by atoms with Crippen LogP contribution in [0.15, 0.2) is 41.3 Å². The summed E-state index contributed by atoms with van der Waals surface area (Å²) in [5, 5.41) is 2.87. The molecule has 0 bridgehead atoms. The van der Waals surface area contributed by atoms with Crippen molar-refractivity contribution in [2.24, 2.45) is 0 Å². The Balaban J connectivity index is 2.36. The lowest BCUT2D eigenvalue weighted by Crippen LogP contribution is -2.32. The van der Waals surface area contributed by atoms with Gasteiger partial charge in [-0.2, -0.15) is 0 Å². The number of rotatable bonds is 6. The predicted molar refractivity (Wildman–Crippen MR) is 105 cm³/mol. The van der Waals surface area contributed by atoms with E-state index in [1.165, 1.54) is 18.2 Å². The molecule has 0 aromatic heterocycles. The summed E-state index contributed by atoms with van der Waals surface area (Å²) in [4.78, 5) is 12.2. The van der Waals surface area contributed by atoms with E-state index in [-0.39, 0.29) is 27.4 Å². The molecule has 5 nitrogen and oxygen atoms in total. The number of amides is 1. The van der Waals surface area contributed by atoms with Crippen molar-refractivity contribution >= 4 is 33.2 Å². The highest BCUT2D eigenvalue weighted by Gasteiger charge is 2.21. The van der Waals surface area contributed by atoms with Gasteiger partial charge in [0.15, 0.2) is 0 Å². The highest BCUT2D eigenvalue weighted by Crippen LogP contribution is 2.26. The molecule has 0 radical (unpaired) electrons. The van der Waals surface area contributed by atoms with Crippen LogP contribution in [0.4, 0.5) is 5.69 Å². The van der Waals surface area contributed by atoms with Crippen LogP contribution in [0.3, 0.4) is 0 Å². The summed E-state index contributed by atoms with van der Waals surface area (Å²) in [5.41, 5.74) is 2.55. The fraction of sp³-hybridized carbons (Fsp3) is 0.316. The van der Waals surface area contributed by atoms with Crippen LogP contribution in [0.2, 0.25) is 5.02 Å². The maximum absolute atomic E-state index is 12.8. The summed E-state index contributed by atoms with van der Waals surface area (Å²) in [6.07, 6.45) is 0.777. The van der Waals surface area contributed by atoms with E-state index in [1.807, 2.05) is 39.8 Å². The Hall–Kier alpha value is -2.05. The zero-order valence-corrected chi connectivity index (χ0v) is 16.8. The van der Waals surface area contributed by atoms with Gasteiger partial charge in [-0.1, -0.05) is 36.2 Å². The molecule has 7 heteroatoms. The monoisotopic (exact) mass is 394 g/mol. The normalized spacial score (nSPS) is 12.5. The van der Waals surface area contributed by atoms with E-state index in [4.69, 9.17) is 11.6 Å². The molecule has 0 aliphatic heterocycles. The maximum Gasteiger partial charge on any atom is 0.263 e. The molecular formula is C19H23ClN2O3S. The van der Waals surface area contributed by atoms with E-state index in [2.05, 4.69) is 10.0 Å². The van der Waals surface area contributed by atoms with Crippen molar-refractivity contribution in [2.45, 2.75) is 45.1 Å². The number of aryl methyl sites for hydroxylation is 2. The van der Waals surface area contributed by atoms with Crippen LogP contribution in [0, 0.1) is 13.8 Å². The lowest BCUT2D eigenvalue weighted by molar-refractivity contribution is 0.0939. The number of nitrogens with one attached hydrogen (secondary N) is 2. The number of carbonyl (C=O) groups excluding carboxylic acids is 1. The van der Waals surface area contributed by atoms with E-state index in [1.54, 1.807) is 6.07 Å². The fourth-order valence-corrected chi connectivity index (χ4v) is 4.05. The minimum atomic E-state index is -3.93. The number of hydrogen-bond donors (Lipinski definition) is 2. The van der Waals surface area contributed by atoms with Crippen molar-refractivity contribution in [3.8, 4) is 0 Å². The first-order valence-electron chi connectivity index (χ1n) is 8.34. The van der Waals surface area contributed by atoms with Gasteiger partial charge in [-0.15, -0.1) is 0 Å². The first kappa shape index (κ1) is 20.3. The first-order chi connectivity index (χ1) is 12.1. The molecule has 2 N–H and O–H groups in total. The average Bonchev–Trinajstić information content (AvgIpc) is 2.57.